The molecule has 0 N–H and O–H groups in total. The van der Waals surface area contributed by atoms with Gasteiger partial charge in [-0.05, 0) is 36.0 Å². The average Bonchev–Trinajstić information content (AvgIpc) is 2.59. The van der Waals surface area contributed by atoms with Crippen molar-refractivity contribution in [3.8, 4) is 11.5 Å². The number of hydrogen-bond acceptors (Lipinski definition) is 2. The molecular weight excluding hydrogens is 315 g/mol. The molecule has 0 spiro atoms. The molecule has 0 heterocycles. The summed E-state index contributed by atoms with van der Waals surface area (Å²) in [6.45, 7) is 7.58. The zero-order chi connectivity index (χ0) is 18.1. The summed E-state index contributed by atoms with van der Waals surface area (Å²) in [7, 11) is 0. The van der Waals surface area contributed by atoms with E-state index in [2.05, 4.69) is 20.8 Å². The molecular formula is C22H29FO2. The standard InChI is InChI=1S/C22H29FO2/c1-17(2)8-7-9-18(3)15-25-22-13-12-20(14-21(22)23)24-16-19-10-5-4-6-11-19/h4-6,10-14,17-18H,7-9,15-16H2,1-3H3. The Morgan fingerprint density at radius 3 is 2.36 bits per heavy atom. The van der Waals surface area contributed by atoms with Crippen molar-refractivity contribution < 1.29 is 13.9 Å². The van der Waals surface area contributed by atoms with Crippen LogP contribution in [0.25, 0.3) is 0 Å². The fourth-order valence-corrected chi connectivity index (χ4v) is 2.62. The van der Waals surface area contributed by atoms with Crippen LogP contribution in [0.15, 0.2) is 48.5 Å². The van der Waals surface area contributed by atoms with Gasteiger partial charge in [0.15, 0.2) is 11.6 Å². The molecule has 0 amide bonds. The summed E-state index contributed by atoms with van der Waals surface area (Å²) in [6.07, 6.45) is 3.53. The van der Waals surface area contributed by atoms with Crippen LogP contribution in [0.1, 0.15) is 45.6 Å². The minimum Gasteiger partial charge on any atom is -0.490 e. The third-order valence-electron chi connectivity index (χ3n) is 4.15. The first-order chi connectivity index (χ1) is 12.0. The SMILES string of the molecule is CC(C)CCCC(C)COc1ccc(OCc2ccccc2)cc1F. The van der Waals surface area contributed by atoms with E-state index in [1.807, 2.05) is 30.3 Å². The van der Waals surface area contributed by atoms with Gasteiger partial charge in [0.2, 0.25) is 0 Å². The van der Waals surface area contributed by atoms with Crippen LogP contribution < -0.4 is 9.47 Å². The summed E-state index contributed by atoms with van der Waals surface area (Å²) in [5.74, 6) is 1.59. The second-order valence-electron chi connectivity index (χ2n) is 7.11. The van der Waals surface area contributed by atoms with Crippen LogP contribution >= 0.6 is 0 Å². The molecule has 2 aromatic carbocycles. The number of benzene rings is 2. The maximum Gasteiger partial charge on any atom is 0.168 e. The third kappa shape index (κ3) is 7.16. The van der Waals surface area contributed by atoms with Gasteiger partial charge in [0, 0.05) is 6.07 Å². The molecule has 0 radical (unpaired) electrons. The van der Waals surface area contributed by atoms with Crippen LogP contribution in [0.4, 0.5) is 4.39 Å². The molecule has 0 saturated heterocycles. The van der Waals surface area contributed by atoms with Gasteiger partial charge in [0.25, 0.3) is 0 Å². The predicted molar refractivity (Wildman–Crippen MR) is 101 cm³/mol. The molecule has 1 unspecified atom stereocenters. The van der Waals surface area contributed by atoms with Gasteiger partial charge in [0.1, 0.15) is 12.4 Å². The van der Waals surface area contributed by atoms with Crippen molar-refractivity contribution in [2.45, 2.75) is 46.6 Å². The van der Waals surface area contributed by atoms with Crippen LogP contribution in [0, 0.1) is 17.7 Å². The van der Waals surface area contributed by atoms with Crippen LogP contribution in [-0.2, 0) is 6.61 Å². The minimum atomic E-state index is -0.375. The lowest BCUT2D eigenvalue weighted by atomic mass is 10.0. The molecule has 0 aliphatic heterocycles. The van der Waals surface area contributed by atoms with Gasteiger partial charge in [-0.25, -0.2) is 4.39 Å². The Morgan fingerprint density at radius 2 is 1.68 bits per heavy atom. The van der Waals surface area contributed by atoms with Gasteiger partial charge >= 0.3 is 0 Å². The number of hydrogen-bond donors (Lipinski definition) is 0. The van der Waals surface area contributed by atoms with Crippen LogP contribution in [0.2, 0.25) is 0 Å². The fraction of sp³-hybridized carbons (Fsp3) is 0.455. The number of rotatable bonds is 10. The minimum absolute atomic E-state index is 0.294. The topological polar surface area (TPSA) is 18.5 Å². The van der Waals surface area contributed by atoms with Crippen molar-refractivity contribution >= 4 is 0 Å². The van der Waals surface area contributed by atoms with E-state index in [9.17, 15) is 4.39 Å². The van der Waals surface area contributed by atoms with Gasteiger partial charge in [-0.1, -0.05) is 63.9 Å². The van der Waals surface area contributed by atoms with Crippen LogP contribution in [0.3, 0.4) is 0 Å². The van der Waals surface area contributed by atoms with E-state index in [0.29, 0.717) is 30.6 Å². The molecule has 0 fully saturated rings. The van der Waals surface area contributed by atoms with Gasteiger partial charge in [-0.15, -0.1) is 0 Å². The van der Waals surface area contributed by atoms with E-state index >= 15 is 0 Å². The Labute approximate surface area is 151 Å². The van der Waals surface area contributed by atoms with E-state index < -0.39 is 0 Å². The normalized spacial score (nSPS) is 12.2. The Hall–Kier alpha value is -2.03. The maximum absolute atomic E-state index is 14.2. The summed E-state index contributed by atoms with van der Waals surface area (Å²) in [5.41, 5.74) is 1.05. The Kier molecular flexibility index (Phi) is 7.77. The molecule has 3 heteroatoms. The smallest absolute Gasteiger partial charge is 0.168 e. The average molecular weight is 344 g/mol. The highest BCUT2D eigenvalue weighted by Crippen LogP contribution is 2.24. The quantitative estimate of drug-likeness (QED) is 0.507. The third-order valence-corrected chi connectivity index (χ3v) is 4.15. The Balaban J connectivity index is 1.78. The Bertz CT molecular complexity index is 625. The van der Waals surface area contributed by atoms with Crippen molar-refractivity contribution in [2.24, 2.45) is 11.8 Å². The molecule has 0 aliphatic rings. The molecule has 25 heavy (non-hydrogen) atoms. The summed E-state index contributed by atoms with van der Waals surface area (Å²) < 4.78 is 25.5. The highest BCUT2D eigenvalue weighted by molar-refractivity contribution is 5.33. The van der Waals surface area contributed by atoms with Crippen molar-refractivity contribution in [3.63, 3.8) is 0 Å². The molecule has 2 aromatic rings. The van der Waals surface area contributed by atoms with Crippen molar-refractivity contribution in [1.29, 1.82) is 0 Å². The van der Waals surface area contributed by atoms with Gasteiger partial charge in [-0.2, -0.15) is 0 Å². The fourth-order valence-electron chi connectivity index (χ4n) is 2.62. The van der Waals surface area contributed by atoms with E-state index in [-0.39, 0.29) is 5.82 Å². The molecule has 0 saturated carbocycles. The van der Waals surface area contributed by atoms with Crippen molar-refractivity contribution in [2.75, 3.05) is 6.61 Å². The monoisotopic (exact) mass is 344 g/mol. The molecule has 0 aromatic heterocycles. The van der Waals surface area contributed by atoms with Crippen LogP contribution in [-0.4, -0.2) is 6.61 Å². The Morgan fingerprint density at radius 1 is 0.920 bits per heavy atom. The molecule has 2 rings (SSSR count). The first kappa shape index (κ1) is 19.3. The second kappa shape index (κ2) is 10.1. The van der Waals surface area contributed by atoms with E-state index in [0.717, 1.165) is 17.9 Å². The number of ether oxygens (including phenoxy) is 2. The first-order valence-corrected chi connectivity index (χ1v) is 9.13. The van der Waals surface area contributed by atoms with Gasteiger partial charge < -0.3 is 9.47 Å². The molecule has 1 atom stereocenters. The molecule has 136 valence electrons. The lowest BCUT2D eigenvalue weighted by molar-refractivity contribution is 0.236. The maximum atomic E-state index is 14.2. The largest absolute Gasteiger partial charge is 0.490 e. The summed E-state index contributed by atoms with van der Waals surface area (Å²) >= 11 is 0. The van der Waals surface area contributed by atoms with E-state index in [1.165, 1.54) is 18.9 Å². The van der Waals surface area contributed by atoms with Crippen molar-refractivity contribution in [3.05, 3.63) is 59.9 Å². The zero-order valence-corrected chi connectivity index (χ0v) is 15.5. The van der Waals surface area contributed by atoms with E-state index in [4.69, 9.17) is 9.47 Å². The highest BCUT2D eigenvalue weighted by Gasteiger charge is 2.09. The number of halogens is 1. The molecule has 0 bridgehead atoms. The van der Waals surface area contributed by atoms with Crippen LogP contribution in [0.5, 0.6) is 11.5 Å². The van der Waals surface area contributed by atoms with E-state index in [1.54, 1.807) is 12.1 Å². The van der Waals surface area contributed by atoms with Gasteiger partial charge in [0.05, 0.1) is 6.61 Å². The lowest BCUT2D eigenvalue weighted by Crippen LogP contribution is -2.09. The summed E-state index contributed by atoms with van der Waals surface area (Å²) in [6, 6.07) is 14.6. The van der Waals surface area contributed by atoms with Crippen molar-refractivity contribution in [1.82, 2.24) is 0 Å². The summed E-state index contributed by atoms with van der Waals surface area (Å²) in [4.78, 5) is 0. The second-order valence-corrected chi connectivity index (χ2v) is 7.11. The van der Waals surface area contributed by atoms with Gasteiger partial charge in [-0.3, -0.25) is 0 Å². The molecule has 0 aliphatic carbocycles. The first-order valence-electron chi connectivity index (χ1n) is 9.13. The molecule has 2 nitrogen and oxygen atoms in total. The zero-order valence-electron chi connectivity index (χ0n) is 15.5. The lowest BCUT2D eigenvalue weighted by Gasteiger charge is -2.15. The highest BCUT2D eigenvalue weighted by atomic mass is 19.1. The summed E-state index contributed by atoms with van der Waals surface area (Å²) in [5, 5.41) is 0. The predicted octanol–water partition coefficient (Wildman–Crippen LogP) is 6.25.